The van der Waals surface area contributed by atoms with Crippen molar-refractivity contribution < 1.29 is 14.1 Å². The molecule has 0 aromatic heterocycles. The molecule has 5 nitrogen and oxygen atoms in total. The van der Waals surface area contributed by atoms with E-state index in [0.29, 0.717) is 12.3 Å². The van der Waals surface area contributed by atoms with Crippen LogP contribution in [0.4, 0.5) is 21.5 Å². The number of nitro groups is 1. The molecule has 114 valence electrons. The zero-order valence-electron chi connectivity index (χ0n) is 12.2. The Morgan fingerprint density at radius 2 is 1.91 bits per heavy atom. The zero-order valence-corrected chi connectivity index (χ0v) is 12.2. The van der Waals surface area contributed by atoms with Gasteiger partial charge in [0.2, 0.25) is 0 Å². The Morgan fingerprint density at radius 3 is 2.55 bits per heavy atom. The molecular formula is C16H15FN2O3. The number of rotatable bonds is 2. The number of halogens is 1. The average molecular weight is 302 g/mol. The number of hydrogen-bond donors (Lipinski definition) is 0. The zero-order chi connectivity index (χ0) is 15.9. The molecule has 22 heavy (non-hydrogen) atoms. The lowest BCUT2D eigenvalue weighted by molar-refractivity contribution is -0.385. The van der Waals surface area contributed by atoms with Gasteiger partial charge >= 0.3 is 0 Å². The van der Waals surface area contributed by atoms with Crippen molar-refractivity contribution in [2.45, 2.75) is 19.4 Å². The SMILES string of the molecule is CC1(C)CN(c2ccc(F)cc2)c2ccc([N+](=O)[O-])cc2O1. The van der Waals surface area contributed by atoms with Gasteiger partial charge in [-0.1, -0.05) is 0 Å². The van der Waals surface area contributed by atoms with Crippen molar-refractivity contribution in [3.05, 3.63) is 58.4 Å². The number of hydrogen-bond acceptors (Lipinski definition) is 4. The first-order chi connectivity index (χ1) is 10.4. The number of ether oxygens (including phenoxy) is 1. The Bertz CT molecular complexity index is 729. The first-order valence-electron chi connectivity index (χ1n) is 6.86. The molecule has 6 heteroatoms. The van der Waals surface area contributed by atoms with Crippen LogP contribution in [0.3, 0.4) is 0 Å². The summed E-state index contributed by atoms with van der Waals surface area (Å²) >= 11 is 0. The summed E-state index contributed by atoms with van der Waals surface area (Å²) in [5.74, 6) is 0.148. The van der Waals surface area contributed by atoms with Crippen LogP contribution in [0.25, 0.3) is 0 Å². The largest absolute Gasteiger partial charge is 0.484 e. The molecule has 0 radical (unpaired) electrons. The second kappa shape index (κ2) is 4.98. The van der Waals surface area contributed by atoms with Crippen molar-refractivity contribution in [3.63, 3.8) is 0 Å². The fourth-order valence-electron chi connectivity index (χ4n) is 2.57. The van der Waals surface area contributed by atoms with Gasteiger partial charge in [0.15, 0.2) is 5.75 Å². The lowest BCUT2D eigenvalue weighted by atomic mass is 10.0. The topological polar surface area (TPSA) is 55.6 Å². The lowest BCUT2D eigenvalue weighted by Crippen LogP contribution is -2.44. The minimum absolute atomic E-state index is 0.0180. The third kappa shape index (κ3) is 2.59. The summed E-state index contributed by atoms with van der Waals surface area (Å²) in [6.07, 6.45) is 0. The highest BCUT2D eigenvalue weighted by Crippen LogP contribution is 2.42. The number of non-ortho nitro benzene ring substituents is 1. The molecule has 1 heterocycles. The van der Waals surface area contributed by atoms with Gasteiger partial charge < -0.3 is 9.64 Å². The highest BCUT2D eigenvalue weighted by Gasteiger charge is 2.33. The van der Waals surface area contributed by atoms with E-state index in [-0.39, 0.29) is 11.5 Å². The van der Waals surface area contributed by atoms with Gasteiger partial charge in [-0.05, 0) is 44.2 Å². The van der Waals surface area contributed by atoms with Crippen LogP contribution in [0, 0.1) is 15.9 Å². The van der Waals surface area contributed by atoms with Gasteiger partial charge in [-0.2, -0.15) is 0 Å². The lowest BCUT2D eigenvalue weighted by Gasteiger charge is -2.40. The molecule has 0 spiro atoms. The van der Waals surface area contributed by atoms with Gasteiger partial charge in [-0.25, -0.2) is 4.39 Å². The normalized spacial score (nSPS) is 15.9. The average Bonchev–Trinajstić information content (AvgIpc) is 2.45. The molecule has 0 saturated carbocycles. The number of fused-ring (bicyclic) bond motifs is 1. The van der Waals surface area contributed by atoms with Crippen LogP contribution >= 0.6 is 0 Å². The van der Waals surface area contributed by atoms with Crippen molar-refractivity contribution >= 4 is 17.1 Å². The van der Waals surface area contributed by atoms with E-state index >= 15 is 0 Å². The third-order valence-electron chi connectivity index (χ3n) is 3.51. The predicted octanol–water partition coefficient (Wildman–Crippen LogP) is 4.04. The van der Waals surface area contributed by atoms with Crippen molar-refractivity contribution in [1.82, 2.24) is 0 Å². The molecule has 2 aromatic carbocycles. The van der Waals surface area contributed by atoms with Gasteiger partial charge in [-0.15, -0.1) is 0 Å². The van der Waals surface area contributed by atoms with E-state index in [9.17, 15) is 14.5 Å². The maximum Gasteiger partial charge on any atom is 0.273 e. The van der Waals surface area contributed by atoms with Gasteiger partial charge in [0.05, 0.1) is 23.2 Å². The molecule has 0 amide bonds. The fraction of sp³-hybridized carbons (Fsp3) is 0.250. The minimum atomic E-state index is -0.517. The first-order valence-corrected chi connectivity index (χ1v) is 6.86. The molecule has 0 unspecified atom stereocenters. The van der Waals surface area contributed by atoms with Crippen LogP contribution in [0.2, 0.25) is 0 Å². The summed E-state index contributed by atoms with van der Waals surface area (Å²) < 4.78 is 19.0. The summed E-state index contributed by atoms with van der Waals surface area (Å²) in [6, 6.07) is 10.7. The Morgan fingerprint density at radius 1 is 1.23 bits per heavy atom. The van der Waals surface area contributed by atoms with E-state index in [1.165, 1.54) is 24.3 Å². The molecule has 3 rings (SSSR count). The highest BCUT2D eigenvalue weighted by atomic mass is 19.1. The summed E-state index contributed by atoms with van der Waals surface area (Å²) in [5, 5.41) is 10.9. The second-order valence-electron chi connectivity index (χ2n) is 5.83. The van der Waals surface area contributed by atoms with Gasteiger partial charge in [0, 0.05) is 11.8 Å². The van der Waals surface area contributed by atoms with Gasteiger partial charge in [0.25, 0.3) is 5.69 Å². The Balaban J connectivity index is 2.09. The first kappa shape index (κ1) is 14.3. The molecule has 0 aliphatic carbocycles. The third-order valence-corrected chi connectivity index (χ3v) is 3.51. The molecule has 2 aromatic rings. The Labute approximate surface area is 127 Å². The number of benzene rings is 2. The van der Waals surface area contributed by atoms with E-state index in [1.54, 1.807) is 18.2 Å². The summed E-state index contributed by atoms with van der Waals surface area (Å²) in [6.45, 7) is 4.38. The molecule has 0 atom stereocenters. The summed E-state index contributed by atoms with van der Waals surface area (Å²) in [5.41, 5.74) is 1.01. The highest BCUT2D eigenvalue weighted by molar-refractivity contribution is 5.72. The summed E-state index contributed by atoms with van der Waals surface area (Å²) in [4.78, 5) is 12.5. The molecule has 1 aliphatic rings. The van der Waals surface area contributed by atoms with E-state index in [4.69, 9.17) is 4.74 Å². The Kier molecular flexibility index (Phi) is 3.24. The number of nitrogens with zero attached hydrogens (tertiary/aromatic N) is 2. The fourth-order valence-corrected chi connectivity index (χ4v) is 2.57. The summed E-state index contributed by atoms with van der Waals surface area (Å²) in [7, 11) is 0. The van der Waals surface area contributed by atoms with Crippen LogP contribution < -0.4 is 9.64 Å². The van der Waals surface area contributed by atoms with E-state index in [2.05, 4.69) is 0 Å². The smallest absolute Gasteiger partial charge is 0.273 e. The van der Waals surface area contributed by atoms with Crippen molar-refractivity contribution in [3.8, 4) is 5.75 Å². The van der Waals surface area contributed by atoms with Crippen molar-refractivity contribution in [2.24, 2.45) is 0 Å². The molecular weight excluding hydrogens is 287 g/mol. The molecule has 1 aliphatic heterocycles. The maximum atomic E-state index is 13.1. The van der Waals surface area contributed by atoms with Crippen LogP contribution in [-0.2, 0) is 0 Å². The van der Waals surface area contributed by atoms with Crippen LogP contribution in [0.1, 0.15) is 13.8 Å². The molecule has 0 bridgehead atoms. The Hall–Kier alpha value is -2.63. The predicted molar refractivity (Wildman–Crippen MR) is 81.2 cm³/mol. The quantitative estimate of drug-likeness (QED) is 0.620. The van der Waals surface area contributed by atoms with E-state index in [0.717, 1.165) is 11.4 Å². The van der Waals surface area contributed by atoms with Crippen LogP contribution in [0.5, 0.6) is 5.75 Å². The maximum absolute atomic E-state index is 13.1. The van der Waals surface area contributed by atoms with Crippen LogP contribution in [0.15, 0.2) is 42.5 Å². The van der Waals surface area contributed by atoms with Gasteiger partial charge in [-0.3, -0.25) is 10.1 Å². The van der Waals surface area contributed by atoms with Crippen molar-refractivity contribution in [2.75, 3.05) is 11.4 Å². The van der Waals surface area contributed by atoms with E-state index in [1.807, 2.05) is 18.7 Å². The second-order valence-corrected chi connectivity index (χ2v) is 5.83. The standard InChI is InChI=1S/C16H15FN2O3/c1-16(2)10-18(12-5-3-11(17)4-6-12)14-8-7-13(19(20)21)9-15(14)22-16/h3-9H,10H2,1-2H3. The van der Waals surface area contributed by atoms with Gasteiger partial charge in [0.1, 0.15) is 11.4 Å². The minimum Gasteiger partial charge on any atom is -0.484 e. The monoisotopic (exact) mass is 302 g/mol. The van der Waals surface area contributed by atoms with Crippen LogP contribution in [-0.4, -0.2) is 17.1 Å². The number of nitro benzene ring substituents is 1. The molecule has 0 fully saturated rings. The van der Waals surface area contributed by atoms with E-state index < -0.39 is 10.5 Å². The molecule has 0 N–H and O–H groups in total. The van der Waals surface area contributed by atoms with Crippen molar-refractivity contribution in [1.29, 1.82) is 0 Å². The molecule has 0 saturated heterocycles. The number of anilines is 2.